The number of rotatable bonds is 2. The molecule has 0 aromatic heterocycles. The summed E-state index contributed by atoms with van der Waals surface area (Å²) in [6.07, 6.45) is -3.86. The second-order valence-electron chi connectivity index (χ2n) is 5.55. The predicted molar refractivity (Wildman–Crippen MR) is 65.2 cm³/mol. The van der Waals surface area contributed by atoms with Crippen molar-refractivity contribution in [3.63, 3.8) is 0 Å². The van der Waals surface area contributed by atoms with Gasteiger partial charge in [0.2, 0.25) is 0 Å². The Morgan fingerprint density at radius 2 is 1.95 bits per heavy atom. The van der Waals surface area contributed by atoms with Crippen molar-refractivity contribution < 1.29 is 17.6 Å². The summed E-state index contributed by atoms with van der Waals surface area (Å²) in [5.41, 5.74) is 4.73. The van der Waals surface area contributed by atoms with Crippen molar-refractivity contribution >= 4 is 5.69 Å². The lowest BCUT2D eigenvalue weighted by molar-refractivity contribution is -0.137. The molecule has 0 bridgehead atoms. The van der Waals surface area contributed by atoms with Crippen LogP contribution < -0.4 is 11.1 Å². The van der Waals surface area contributed by atoms with E-state index in [4.69, 9.17) is 5.73 Å². The van der Waals surface area contributed by atoms with Crippen LogP contribution in [0.15, 0.2) is 18.2 Å². The maximum absolute atomic E-state index is 13.7. The summed E-state index contributed by atoms with van der Waals surface area (Å²) in [5.74, 6) is -0.897. The molecule has 2 rings (SSSR count). The van der Waals surface area contributed by atoms with Gasteiger partial charge in [0.05, 0.1) is 11.3 Å². The summed E-state index contributed by atoms with van der Waals surface area (Å²) >= 11 is 0. The van der Waals surface area contributed by atoms with E-state index in [1.807, 2.05) is 13.8 Å². The first-order chi connectivity index (χ1) is 8.62. The zero-order valence-electron chi connectivity index (χ0n) is 10.7. The maximum atomic E-state index is 13.7. The number of benzene rings is 1. The highest BCUT2D eigenvalue weighted by Gasteiger charge is 2.46. The molecular weight excluding hydrogens is 260 g/mol. The van der Waals surface area contributed by atoms with E-state index in [0.29, 0.717) is 12.5 Å². The molecule has 0 heterocycles. The fourth-order valence-corrected chi connectivity index (χ4v) is 2.20. The van der Waals surface area contributed by atoms with E-state index in [-0.39, 0.29) is 23.2 Å². The van der Waals surface area contributed by atoms with Gasteiger partial charge < -0.3 is 11.1 Å². The lowest BCUT2D eigenvalue weighted by Crippen LogP contribution is -2.61. The molecule has 6 heteroatoms. The highest BCUT2D eigenvalue weighted by molar-refractivity contribution is 5.48. The molecule has 2 unspecified atom stereocenters. The predicted octanol–water partition coefficient (Wildman–Crippen LogP) is 3.38. The molecule has 0 saturated heterocycles. The van der Waals surface area contributed by atoms with Crippen LogP contribution in [0, 0.1) is 11.2 Å². The van der Waals surface area contributed by atoms with Crippen molar-refractivity contribution in [3.8, 4) is 0 Å². The highest BCUT2D eigenvalue weighted by atomic mass is 19.4. The van der Waals surface area contributed by atoms with Crippen LogP contribution in [0.1, 0.15) is 25.8 Å². The van der Waals surface area contributed by atoms with E-state index >= 15 is 0 Å². The minimum atomic E-state index is -4.53. The summed E-state index contributed by atoms with van der Waals surface area (Å²) in [6, 6.07) is 2.49. The molecule has 1 saturated carbocycles. The largest absolute Gasteiger partial charge is 0.416 e. The number of nitrogens with one attached hydrogen (secondary N) is 1. The van der Waals surface area contributed by atoms with Crippen LogP contribution in [-0.4, -0.2) is 12.1 Å². The van der Waals surface area contributed by atoms with Crippen molar-refractivity contribution in [1.29, 1.82) is 0 Å². The monoisotopic (exact) mass is 276 g/mol. The van der Waals surface area contributed by atoms with Gasteiger partial charge in [0.1, 0.15) is 5.82 Å². The third-order valence-electron chi connectivity index (χ3n) is 3.97. The Balaban J connectivity index is 2.15. The van der Waals surface area contributed by atoms with Gasteiger partial charge in [-0.2, -0.15) is 13.2 Å². The van der Waals surface area contributed by atoms with Crippen molar-refractivity contribution in [2.45, 2.75) is 38.5 Å². The molecule has 0 amide bonds. The first-order valence-electron chi connectivity index (χ1n) is 6.01. The lowest BCUT2D eigenvalue weighted by Gasteiger charge is -2.51. The summed E-state index contributed by atoms with van der Waals surface area (Å²) in [7, 11) is 0. The number of nitrogens with two attached hydrogens (primary N) is 1. The van der Waals surface area contributed by atoms with E-state index in [1.54, 1.807) is 0 Å². The average Bonchev–Trinajstić information content (AvgIpc) is 2.29. The van der Waals surface area contributed by atoms with Crippen LogP contribution in [0.25, 0.3) is 0 Å². The fourth-order valence-electron chi connectivity index (χ4n) is 2.20. The molecule has 0 radical (unpaired) electrons. The second-order valence-corrected chi connectivity index (χ2v) is 5.55. The highest BCUT2D eigenvalue weighted by Crippen LogP contribution is 2.41. The average molecular weight is 276 g/mol. The standard InChI is InChI=1S/C13H16F4N2/c1-12(2)10(18)6-11(12)19-9-4-3-7(5-8(9)14)13(15,16)17/h3-5,10-11,19H,6,18H2,1-2H3. The molecule has 1 aromatic rings. The SMILES string of the molecule is CC1(C)C(N)CC1Nc1ccc(C(F)(F)F)cc1F. The van der Waals surface area contributed by atoms with Crippen LogP contribution >= 0.6 is 0 Å². The third kappa shape index (κ3) is 2.54. The van der Waals surface area contributed by atoms with Gasteiger partial charge in [0, 0.05) is 17.5 Å². The summed E-state index contributed by atoms with van der Waals surface area (Å²) in [4.78, 5) is 0. The Kier molecular flexibility index (Phi) is 3.24. The zero-order chi connectivity index (χ0) is 14.4. The molecule has 1 aromatic carbocycles. The number of alkyl halides is 3. The minimum Gasteiger partial charge on any atom is -0.379 e. The molecule has 0 spiro atoms. The Morgan fingerprint density at radius 1 is 1.32 bits per heavy atom. The van der Waals surface area contributed by atoms with E-state index in [2.05, 4.69) is 5.32 Å². The molecule has 1 aliphatic carbocycles. The third-order valence-corrected chi connectivity index (χ3v) is 3.97. The van der Waals surface area contributed by atoms with Gasteiger partial charge >= 0.3 is 6.18 Å². The molecular formula is C13H16F4N2. The lowest BCUT2D eigenvalue weighted by atomic mass is 9.63. The van der Waals surface area contributed by atoms with E-state index in [1.165, 1.54) is 0 Å². The number of anilines is 1. The molecule has 0 aliphatic heterocycles. The normalized spacial score (nSPS) is 25.8. The topological polar surface area (TPSA) is 38.0 Å². The quantitative estimate of drug-likeness (QED) is 0.813. The number of hydrogen-bond acceptors (Lipinski definition) is 2. The smallest absolute Gasteiger partial charge is 0.379 e. The van der Waals surface area contributed by atoms with E-state index in [9.17, 15) is 17.6 Å². The minimum absolute atomic E-state index is 0.0162. The summed E-state index contributed by atoms with van der Waals surface area (Å²) in [5, 5.41) is 2.92. The van der Waals surface area contributed by atoms with Crippen LogP contribution in [0.2, 0.25) is 0 Å². The van der Waals surface area contributed by atoms with Gasteiger partial charge in [-0.15, -0.1) is 0 Å². The summed E-state index contributed by atoms with van der Waals surface area (Å²) < 4.78 is 50.9. The van der Waals surface area contributed by atoms with Crippen molar-refractivity contribution in [2.24, 2.45) is 11.1 Å². The van der Waals surface area contributed by atoms with Gasteiger partial charge in [-0.1, -0.05) is 13.8 Å². The Labute approximate surface area is 109 Å². The van der Waals surface area contributed by atoms with Crippen LogP contribution in [0.3, 0.4) is 0 Å². The number of halogens is 4. The van der Waals surface area contributed by atoms with Crippen LogP contribution in [0.5, 0.6) is 0 Å². The molecule has 2 nitrogen and oxygen atoms in total. The van der Waals surface area contributed by atoms with Gasteiger partial charge in [-0.3, -0.25) is 0 Å². The zero-order valence-corrected chi connectivity index (χ0v) is 10.7. The maximum Gasteiger partial charge on any atom is 0.416 e. The molecule has 19 heavy (non-hydrogen) atoms. The van der Waals surface area contributed by atoms with Gasteiger partial charge in [-0.25, -0.2) is 4.39 Å². The van der Waals surface area contributed by atoms with Crippen molar-refractivity contribution in [2.75, 3.05) is 5.32 Å². The van der Waals surface area contributed by atoms with Gasteiger partial charge in [-0.05, 0) is 24.6 Å². The summed E-state index contributed by atoms with van der Waals surface area (Å²) in [6.45, 7) is 3.89. The Bertz CT molecular complexity index is 482. The van der Waals surface area contributed by atoms with E-state index < -0.39 is 17.6 Å². The first kappa shape index (κ1) is 14.1. The molecule has 2 atom stereocenters. The molecule has 1 aliphatic rings. The van der Waals surface area contributed by atoms with Crippen LogP contribution in [-0.2, 0) is 6.18 Å². The van der Waals surface area contributed by atoms with Gasteiger partial charge in [0.15, 0.2) is 0 Å². The van der Waals surface area contributed by atoms with Crippen molar-refractivity contribution in [1.82, 2.24) is 0 Å². The van der Waals surface area contributed by atoms with E-state index in [0.717, 1.165) is 12.1 Å². The number of hydrogen-bond donors (Lipinski definition) is 2. The molecule has 1 fully saturated rings. The Morgan fingerprint density at radius 3 is 2.37 bits per heavy atom. The second kappa shape index (κ2) is 4.37. The fraction of sp³-hybridized carbons (Fsp3) is 0.538. The van der Waals surface area contributed by atoms with Gasteiger partial charge in [0.25, 0.3) is 0 Å². The molecule has 106 valence electrons. The molecule has 3 N–H and O–H groups in total. The first-order valence-corrected chi connectivity index (χ1v) is 6.01. The van der Waals surface area contributed by atoms with Crippen LogP contribution in [0.4, 0.5) is 23.2 Å². The Hall–Kier alpha value is -1.30. The van der Waals surface area contributed by atoms with Crippen molar-refractivity contribution in [3.05, 3.63) is 29.6 Å².